The van der Waals surface area contributed by atoms with Crippen molar-refractivity contribution in [1.82, 2.24) is 4.90 Å². The van der Waals surface area contributed by atoms with Gasteiger partial charge < -0.3 is 4.74 Å². The molecule has 2 aromatic carbocycles. The van der Waals surface area contributed by atoms with Crippen LogP contribution in [0.5, 0.6) is 5.75 Å². The number of hydrogen-bond acceptors (Lipinski definition) is 4. The molecule has 0 radical (unpaired) electrons. The van der Waals surface area contributed by atoms with Gasteiger partial charge in [-0.15, -0.1) is 0 Å². The monoisotopic (exact) mass is 351 g/mol. The van der Waals surface area contributed by atoms with E-state index in [2.05, 4.69) is 13.8 Å². The Bertz CT molecular complexity index is 822. The van der Waals surface area contributed by atoms with E-state index < -0.39 is 0 Å². The fourth-order valence-corrected chi connectivity index (χ4v) is 2.94. The van der Waals surface area contributed by atoms with Gasteiger partial charge in [0, 0.05) is 13.0 Å². The second-order valence-electron chi connectivity index (χ2n) is 6.61. The summed E-state index contributed by atoms with van der Waals surface area (Å²) in [5.74, 6) is -0.112. The fraction of sp³-hybridized carbons (Fsp3) is 0.286. The van der Waals surface area contributed by atoms with Crippen LogP contribution in [0.25, 0.3) is 0 Å². The van der Waals surface area contributed by atoms with E-state index in [4.69, 9.17) is 4.74 Å². The summed E-state index contributed by atoms with van der Waals surface area (Å²) in [6, 6.07) is 14.2. The zero-order valence-electron chi connectivity index (χ0n) is 14.9. The van der Waals surface area contributed by atoms with Gasteiger partial charge in [0.25, 0.3) is 11.8 Å². The molecule has 5 heteroatoms. The number of nitrogens with zero attached hydrogens (tertiary/aromatic N) is 1. The number of ether oxygens (including phenoxy) is 1. The summed E-state index contributed by atoms with van der Waals surface area (Å²) < 4.78 is 5.36. The Morgan fingerprint density at radius 2 is 1.65 bits per heavy atom. The van der Waals surface area contributed by atoms with Gasteiger partial charge in [0.05, 0.1) is 11.1 Å². The van der Waals surface area contributed by atoms with Crippen molar-refractivity contribution in [2.75, 3.05) is 6.54 Å². The number of fused-ring (bicyclic) bond motifs is 1. The highest BCUT2D eigenvalue weighted by atomic mass is 16.5. The van der Waals surface area contributed by atoms with E-state index in [-0.39, 0.29) is 30.7 Å². The lowest BCUT2D eigenvalue weighted by molar-refractivity contribution is -0.134. The molecule has 0 fully saturated rings. The summed E-state index contributed by atoms with van der Waals surface area (Å²) in [6.45, 7) is 4.35. The van der Waals surface area contributed by atoms with Crippen molar-refractivity contribution in [3.63, 3.8) is 0 Å². The van der Waals surface area contributed by atoms with Gasteiger partial charge in [0.2, 0.25) is 0 Å². The van der Waals surface area contributed by atoms with Gasteiger partial charge in [0.1, 0.15) is 5.75 Å². The number of amides is 2. The first-order valence-corrected chi connectivity index (χ1v) is 8.73. The topological polar surface area (TPSA) is 63.7 Å². The van der Waals surface area contributed by atoms with Crippen molar-refractivity contribution < 1.29 is 19.1 Å². The molecule has 0 bridgehead atoms. The summed E-state index contributed by atoms with van der Waals surface area (Å²) in [5, 5.41) is 0. The zero-order chi connectivity index (χ0) is 18.7. The van der Waals surface area contributed by atoms with Crippen LogP contribution < -0.4 is 4.74 Å². The maximum absolute atomic E-state index is 12.3. The first-order chi connectivity index (χ1) is 12.5. The average Bonchev–Trinajstić information content (AvgIpc) is 2.87. The minimum absolute atomic E-state index is 0.138. The lowest BCUT2D eigenvalue weighted by Gasteiger charge is -2.13. The Labute approximate surface area is 152 Å². The van der Waals surface area contributed by atoms with Crippen LogP contribution >= 0.6 is 0 Å². The number of carbonyl (C=O) groups excluding carboxylic acids is 3. The smallest absolute Gasteiger partial charge is 0.311 e. The molecular formula is C21H21NO4. The molecule has 0 N–H and O–H groups in total. The molecule has 2 amide bonds. The van der Waals surface area contributed by atoms with Crippen molar-refractivity contribution >= 4 is 17.8 Å². The van der Waals surface area contributed by atoms with Crippen molar-refractivity contribution in [3.05, 3.63) is 65.2 Å². The van der Waals surface area contributed by atoms with Crippen molar-refractivity contribution in [3.8, 4) is 5.75 Å². The molecule has 0 atom stereocenters. The molecule has 1 aliphatic rings. The normalized spacial score (nSPS) is 13.3. The minimum atomic E-state index is -0.373. The Morgan fingerprint density at radius 3 is 2.27 bits per heavy atom. The molecule has 0 aliphatic carbocycles. The predicted octanol–water partition coefficient (Wildman–Crippen LogP) is 3.79. The number of carbonyl (C=O) groups is 3. The molecule has 0 saturated heterocycles. The van der Waals surface area contributed by atoms with E-state index in [0.29, 0.717) is 29.2 Å². The first kappa shape index (κ1) is 17.9. The van der Waals surface area contributed by atoms with E-state index in [1.165, 1.54) is 4.90 Å². The number of esters is 1. The molecule has 0 saturated carbocycles. The summed E-state index contributed by atoms with van der Waals surface area (Å²) in [6.07, 6.45) is 0.507. The molecule has 3 rings (SSSR count). The summed E-state index contributed by atoms with van der Waals surface area (Å²) in [5.41, 5.74) is 1.94. The Hall–Kier alpha value is -2.95. The van der Waals surface area contributed by atoms with Crippen molar-refractivity contribution in [2.24, 2.45) is 0 Å². The Balaban J connectivity index is 1.53. The van der Waals surface area contributed by atoms with Gasteiger partial charge in [-0.25, -0.2) is 0 Å². The quantitative estimate of drug-likeness (QED) is 0.451. The van der Waals surface area contributed by atoms with Crippen LogP contribution in [-0.4, -0.2) is 29.2 Å². The van der Waals surface area contributed by atoms with Crippen LogP contribution in [0.2, 0.25) is 0 Å². The standard InChI is InChI=1S/C21H21NO4/c1-14(2)15-7-5-8-16(13-15)26-19(23)11-6-12-22-20(24)17-9-3-4-10-18(17)21(22)25/h3-5,7-10,13-14H,6,11-12H2,1-2H3. The van der Waals surface area contributed by atoms with Gasteiger partial charge in [-0.05, 0) is 42.2 Å². The molecular weight excluding hydrogens is 330 g/mol. The third-order valence-electron chi connectivity index (χ3n) is 4.40. The van der Waals surface area contributed by atoms with Gasteiger partial charge in [-0.3, -0.25) is 19.3 Å². The SMILES string of the molecule is CC(C)c1cccc(OC(=O)CCCN2C(=O)c3ccccc3C2=O)c1. The van der Waals surface area contributed by atoms with Crippen molar-refractivity contribution in [1.29, 1.82) is 0 Å². The third kappa shape index (κ3) is 3.67. The second-order valence-corrected chi connectivity index (χ2v) is 6.61. The largest absolute Gasteiger partial charge is 0.427 e. The van der Waals surface area contributed by atoms with E-state index in [9.17, 15) is 14.4 Å². The molecule has 0 spiro atoms. The maximum Gasteiger partial charge on any atom is 0.311 e. The van der Waals surface area contributed by atoms with Gasteiger partial charge in [-0.2, -0.15) is 0 Å². The summed E-state index contributed by atoms with van der Waals surface area (Å²) >= 11 is 0. The highest BCUT2D eigenvalue weighted by Crippen LogP contribution is 2.23. The first-order valence-electron chi connectivity index (χ1n) is 8.73. The zero-order valence-corrected chi connectivity index (χ0v) is 14.9. The Kier molecular flexibility index (Phi) is 5.16. The molecule has 0 unspecified atom stereocenters. The molecule has 1 heterocycles. The highest BCUT2D eigenvalue weighted by Gasteiger charge is 2.34. The van der Waals surface area contributed by atoms with Crippen molar-refractivity contribution in [2.45, 2.75) is 32.6 Å². The molecule has 134 valence electrons. The lowest BCUT2D eigenvalue weighted by atomic mass is 10.0. The fourth-order valence-electron chi connectivity index (χ4n) is 2.94. The average molecular weight is 351 g/mol. The highest BCUT2D eigenvalue weighted by molar-refractivity contribution is 6.21. The summed E-state index contributed by atoms with van der Waals surface area (Å²) in [7, 11) is 0. The van der Waals surface area contributed by atoms with E-state index in [1.807, 2.05) is 18.2 Å². The van der Waals surface area contributed by atoms with Crippen LogP contribution in [-0.2, 0) is 4.79 Å². The van der Waals surface area contributed by atoms with Gasteiger partial charge >= 0.3 is 5.97 Å². The molecule has 26 heavy (non-hydrogen) atoms. The third-order valence-corrected chi connectivity index (χ3v) is 4.40. The van der Waals surface area contributed by atoms with E-state index in [0.717, 1.165) is 5.56 Å². The minimum Gasteiger partial charge on any atom is -0.427 e. The van der Waals surface area contributed by atoms with Gasteiger partial charge in [0.15, 0.2) is 0 Å². The van der Waals surface area contributed by atoms with E-state index >= 15 is 0 Å². The number of imide groups is 1. The summed E-state index contributed by atoms with van der Waals surface area (Å²) in [4.78, 5) is 37.8. The van der Waals surface area contributed by atoms with Crippen LogP contribution in [0.4, 0.5) is 0 Å². The van der Waals surface area contributed by atoms with E-state index in [1.54, 1.807) is 30.3 Å². The maximum atomic E-state index is 12.3. The molecule has 2 aromatic rings. The molecule has 5 nitrogen and oxygen atoms in total. The Morgan fingerprint density at radius 1 is 1.00 bits per heavy atom. The van der Waals surface area contributed by atoms with Crippen LogP contribution in [0, 0.1) is 0 Å². The van der Waals surface area contributed by atoms with Crippen LogP contribution in [0.1, 0.15) is 58.9 Å². The predicted molar refractivity (Wildman–Crippen MR) is 97.2 cm³/mol. The number of benzene rings is 2. The second kappa shape index (κ2) is 7.52. The van der Waals surface area contributed by atoms with Gasteiger partial charge in [-0.1, -0.05) is 38.1 Å². The molecule has 1 aliphatic heterocycles. The number of hydrogen-bond donors (Lipinski definition) is 0. The lowest BCUT2D eigenvalue weighted by Crippen LogP contribution is -2.31. The van der Waals surface area contributed by atoms with Crippen LogP contribution in [0.15, 0.2) is 48.5 Å². The number of rotatable bonds is 6. The molecule has 0 aromatic heterocycles. The van der Waals surface area contributed by atoms with Crippen LogP contribution in [0.3, 0.4) is 0 Å².